The van der Waals surface area contributed by atoms with E-state index in [0.717, 1.165) is 28.1 Å². The first kappa shape index (κ1) is 19.5. The molecule has 0 aromatic heterocycles. The Balaban J connectivity index is 1.93. The average Bonchev–Trinajstić information content (AvgIpc) is 2.63. The zero-order chi connectivity index (χ0) is 20.4. The molecule has 0 fully saturated rings. The van der Waals surface area contributed by atoms with Crippen LogP contribution in [0.25, 0.3) is 0 Å². The number of allylic oxidation sites excluding steroid dienone is 1. The lowest BCUT2D eigenvalue weighted by Gasteiger charge is -2.29. The number of nitrogens with zero attached hydrogens (tertiary/aromatic N) is 1. The maximum absolute atomic E-state index is 13.1. The molecule has 6 nitrogen and oxygen atoms in total. The van der Waals surface area contributed by atoms with E-state index in [4.69, 9.17) is 0 Å². The van der Waals surface area contributed by atoms with Crippen molar-refractivity contribution in [1.29, 1.82) is 0 Å². The van der Waals surface area contributed by atoms with Gasteiger partial charge in [0.25, 0.3) is 5.91 Å². The molecule has 0 radical (unpaired) electrons. The molecule has 146 valence electrons. The minimum absolute atomic E-state index is 0.237. The number of carbonyl (C=O) groups excluding carboxylic acids is 2. The van der Waals surface area contributed by atoms with E-state index in [-0.39, 0.29) is 11.9 Å². The summed E-state index contributed by atoms with van der Waals surface area (Å²) in [7, 11) is 3.93. The summed E-state index contributed by atoms with van der Waals surface area (Å²) in [6.07, 6.45) is 0. The van der Waals surface area contributed by atoms with Gasteiger partial charge in [0, 0.05) is 31.2 Å². The summed E-state index contributed by atoms with van der Waals surface area (Å²) in [6, 6.07) is 12.9. The van der Waals surface area contributed by atoms with Crippen LogP contribution in [0.5, 0.6) is 0 Å². The second kappa shape index (κ2) is 7.76. The van der Waals surface area contributed by atoms with Crippen LogP contribution >= 0.6 is 0 Å². The third-order valence-electron chi connectivity index (χ3n) is 4.89. The largest absolute Gasteiger partial charge is 0.378 e. The highest BCUT2D eigenvalue weighted by atomic mass is 16.2. The molecule has 0 saturated heterocycles. The lowest BCUT2D eigenvalue weighted by atomic mass is 9.94. The molecule has 1 aliphatic rings. The Kier molecular flexibility index (Phi) is 5.40. The van der Waals surface area contributed by atoms with E-state index >= 15 is 0 Å². The van der Waals surface area contributed by atoms with Gasteiger partial charge in [0.15, 0.2) is 0 Å². The van der Waals surface area contributed by atoms with Crippen LogP contribution in [0.3, 0.4) is 0 Å². The summed E-state index contributed by atoms with van der Waals surface area (Å²) in [6.45, 7) is 5.72. The molecule has 28 heavy (non-hydrogen) atoms. The molecular weight excluding hydrogens is 352 g/mol. The summed E-state index contributed by atoms with van der Waals surface area (Å²) in [5, 5.41) is 8.56. The van der Waals surface area contributed by atoms with Gasteiger partial charge in [-0.3, -0.25) is 4.79 Å². The van der Waals surface area contributed by atoms with E-state index in [0.29, 0.717) is 11.3 Å². The van der Waals surface area contributed by atoms with Crippen molar-refractivity contribution in [1.82, 2.24) is 10.6 Å². The number of anilines is 2. The third-order valence-corrected chi connectivity index (χ3v) is 4.89. The van der Waals surface area contributed by atoms with Crippen LogP contribution < -0.4 is 20.9 Å². The number of hydrogen-bond acceptors (Lipinski definition) is 3. The zero-order valence-corrected chi connectivity index (χ0v) is 16.9. The molecule has 3 rings (SSSR count). The van der Waals surface area contributed by atoms with Crippen molar-refractivity contribution >= 4 is 23.3 Å². The molecule has 0 bridgehead atoms. The molecule has 3 amide bonds. The maximum Gasteiger partial charge on any atom is 0.319 e. The molecule has 1 unspecified atom stereocenters. The summed E-state index contributed by atoms with van der Waals surface area (Å²) >= 11 is 0. The fourth-order valence-electron chi connectivity index (χ4n) is 3.35. The van der Waals surface area contributed by atoms with Crippen molar-refractivity contribution in [2.75, 3.05) is 24.3 Å². The van der Waals surface area contributed by atoms with E-state index in [1.807, 2.05) is 75.3 Å². The van der Waals surface area contributed by atoms with Gasteiger partial charge in [0.2, 0.25) is 0 Å². The molecule has 0 saturated carbocycles. The van der Waals surface area contributed by atoms with Gasteiger partial charge >= 0.3 is 6.03 Å². The number of hydrogen-bond donors (Lipinski definition) is 3. The van der Waals surface area contributed by atoms with Crippen LogP contribution in [0.2, 0.25) is 0 Å². The van der Waals surface area contributed by atoms with Gasteiger partial charge in [-0.25, -0.2) is 4.79 Å². The normalized spacial score (nSPS) is 16.3. The fraction of sp³-hybridized carbons (Fsp3) is 0.273. The predicted octanol–water partition coefficient (Wildman–Crippen LogP) is 3.64. The van der Waals surface area contributed by atoms with Crippen LogP contribution in [0, 0.1) is 13.8 Å². The highest BCUT2D eigenvalue weighted by Crippen LogP contribution is 2.29. The van der Waals surface area contributed by atoms with Gasteiger partial charge in [0.05, 0.1) is 11.6 Å². The van der Waals surface area contributed by atoms with Gasteiger partial charge in [0.1, 0.15) is 0 Å². The van der Waals surface area contributed by atoms with Crippen LogP contribution in [0.1, 0.15) is 29.7 Å². The molecular formula is C22H26N4O2. The van der Waals surface area contributed by atoms with Gasteiger partial charge in [-0.1, -0.05) is 29.8 Å². The van der Waals surface area contributed by atoms with Crippen molar-refractivity contribution in [2.24, 2.45) is 0 Å². The minimum atomic E-state index is -0.518. The summed E-state index contributed by atoms with van der Waals surface area (Å²) in [5.41, 5.74) is 5.83. The number of carbonyl (C=O) groups is 2. The van der Waals surface area contributed by atoms with Crippen molar-refractivity contribution in [2.45, 2.75) is 26.8 Å². The zero-order valence-electron chi connectivity index (χ0n) is 16.9. The highest BCUT2D eigenvalue weighted by Gasteiger charge is 2.31. The Morgan fingerprint density at radius 3 is 2.32 bits per heavy atom. The third kappa shape index (κ3) is 4.01. The summed E-state index contributed by atoms with van der Waals surface area (Å²) < 4.78 is 0. The van der Waals surface area contributed by atoms with Gasteiger partial charge in [-0.15, -0.1) is 0 Å². The SMILES string of the molecule is CC1=C(C(=O)Nc2ccc(C)cc2C)C(c2ccc(N(C)C)cc2)NC(=O)N1. The fourth-order valence-corrected chi connectivity index (χ4v) is 3.35. The monoisotopic (exact) mass is 378 g/mol. The second-order valence-corrected chi connectivity index (χ2v) is 7.33. The van der Waals surface area contributed by atoms with Gasteiger partial charge in [-0.2, -0.15) is 0 Å². The number of amides is 3. The van der Waals surface area contributed by atoms with Crippen molar-refractivity contribution in [3.8, 4) is 0 Å². The summed E-state index contributed by atoms with van der Waals surface area (Å²) in [5.74, 6) is -0.237. The number of aryl methyl sites for hydroxylation is 2. The number of benzene rings is 2. The van der Waals surface area contributed by atoms with Crippen LogP contribution in [0.15, 0.2) is 53.7 Å². The van der Waals surface area contributed by atoms with Crippen LogP contribution in [0.4, 0.5) is 16.2 Å². The Morgan fingerprint density at radius 1 is 1.04 bits per heavy atom. The van der Waals surface area contributed by atoms with Gasteiger partial charge in [-0.05, 0) is 50.1 Å². The predicted molar refractivity (Wildman–Crippen MR) is 112 cm³/mol. The first-order valence-electron chi connectivity index (χ1n) is 9.20. The van der Waals surface area contributed by atoms with E-state index < -0.39 is 6.04 Å². The molecule has 2 aromatic rings. The maximum atomic E-state index is 13.1. The lowest BCUT2D eigenvalue weighted by Crippen LogP contribution is -2.46. The van der Waals surface area contributed by atoms with E-state index in [9.17, 15) is 9.59 Å². The van der Waals surface area contributed by atoms with E-state index in [1.165, 1.54) is 0 Å². The number of rotatable bonds is 4. The highest BCUT2D eigenvalue weighted by molar-refractivity contribution is 6.07. The van der Waals surface area contributed by atoms with Crippen molar-refractivity contribution in [3.63, 3.8) is 0 Å². The van der Waals surface area contributed by atoms with Gasteiger partial charge < -0.3 is 20.9 Å². The first-order chi connectivity index (χ1) is 13.3. The smallest absolute Gasteiger partial charge is 0.319 e. The molecule has 6 heteroatoms. The van der Waals surface area contributed by atoms with E-state index in [2.05, 4.69) is 16.0 Å². The molecule has 0 aliphatic carbocycles. The van der Waals surface area contributed by atoms with Crippen LogP contribution in [-0.2, 0) is 4.79 Å². The van der Waals surface area contributed by atoms with Crippen molar-refractivity contribution < 1.29 is 9.59 Å². The molecule has 1 heterocycles. The van der Waals surface area contributed by atoms with E-state index in [1.54, 1.807) is 6.92 Å². The lowest BCUT2D eigenvalue weighted by molar-refractivity contribution is -0.113. The molecule has 2 aromatic carbocycles. The molecule has 1 atom stereocenters. The molecule has 1 aliphatic heterocycles. The minimum Gasteiger partial charge on any atom is -0.378 e. The Hall–Kier alpha value is -3.28. The number of nitrogens with one attached hydrogen (secondary N) is 3. The number of urea groups is 1. The Labute approximate surface area is 165 Å². The standard InChI is InChI=1S/C22H26N4O2/c1-13-6-11-18(14(2)12-13)24-21(27)19-15(3)23-22(28)25-20(19)16-7-9-17(10-8-16)26(4)5/h6-12,20H,1-5H3,(H,24,27)(H2,23,25,28). The Morgan fingerprint density at radius 2 is 1.71 bits per heavy atom. The van der Waals surface area contributed by atoms with Crippen LogP contribution in [-0.4, -0.2) is 26.0 Å². The topological polar surface area (TPSA) is 73.5 Å². The Bertz CT molecular complexity index is 946. The molecule has 0 spiro atoms. The average molecular weight is 378 g/mol. The first-order valence-corrected chi connectivity index (χ1v) is 9.20. The quantitative estimate of drug-likeness (QED) is 0.761. The second-order valence-electron chi connectivity index (χ2n) is 7.33. The summed E-state index contributed by atoms with van der Waals surface area (Å²) in [4.78, 5) is 27.2. The van der Waals surface area contributed by atoms with Crippen molar-refractivity contribution in [3.05, 3.63) is 70.4 Å². The molecule has 3 N–H and O–H groups in total.